The molecule has 12 nitrogen and oxygen atoms in total. The maximum Gasteiger partial charge on any atom is 0.435 e. The van der Waals surface area contributed by atoms with Gasteiger partial charge in [0, 0.05) is 49.0 Å². The van der Waals surface area contributed by atoms with Crippen molar-refractivity contribution >= 4 is 44.3 Å². The number of alkyl halides is 5. The lowest BCUT2D eigenvalue weighted by Gasteiger charge is -2.34. The zero-order chi connectivity index (χ0) is 41.6. The topological polar surface area (TPSA) is 142 Å². The number of anilines is 1. The van der Waals surface area contributed by atoms with E-state index in [1.165, 1.54) is 28.7 Å². The van der Waals surface area contributed by atoms with Crippen LogP contribution in [0.5, 0.6) is 0 Å². The van der Waals surface area contributed by atoms with Crippen molar-refractivity contribution in [3.05, 3.63) is 99.6 Å². The van der Waals surface area contributed by atoms with Gasteiger partial charge in [-0.1, -0.05) is 23.7 Å². The largest absolute Gasteiger partial charge is 0.435 e. The highest BCUT2D eigenvalue weighted by molar-refractivity contribution is 7.92. The number of nitrogens with one attached hydrogen (secondary N) is 2. The molecule has 0 spiro atoms. The Balaban J connectivity index is 1.29. The van der Waals surface area contributed by atoms with Crippen molar-refractivity contribution in [2.24, 2.45) is 20.0 Å². The predicted octanol–water partition coefficient (Wildman–Crippen LogP) is 7.25. The highest BCUT2D eigenvalue weighted by atomic mass is 35.5. The summed E-state index contributed by atoms with van der Waals surface area (Å²) >= 11 is 6.60. The average molecular weight is 850 g/mol. The number of hydrogen-bond acceptors (Lipinski definition) is 7. The number of sulfonamides is 1. The first-order chi connectivity index (χ1) is 27.2. The lowest BCUT2D eigenvalue weighted by Crippen LogP contribution is -2.36. The van der Waals surface area contributed by atoms with E-state index < -0.39 is 81.0 Å². The van der Waals surface area contributed by atoms with Crippen LogP contribution in [0.3, 0.4) is 0 Å². The molecule has 0 saturated heterocycles. The van der Waals surface area contributed by atoms with E-state index in [4.69, 9.17) is 16.6 Å². The third kappa shape index (κ3) is 6.84. The summed E-state index contributed by atoms with van der Waals surface area (Å²) in [6.07, 6.45) is -2.88. The molecule has 0 aliphatic heterocycles. The fraction of sp³-hybridized carbons (Fsp3) is 0.324. The minimum Gasteiger partial charge on any atom is -0.346 e. The summed E-state index contributed by atoms with van der Waals surface area (Å²) in [6, 6.07) is 9.31. The van der Waals surface area contributed by atoms with Crippen LogP contribution in [0.4, 0.5) is 36.6 Å². The molecule has 3 atom stereocenters. The minimum atomic E-state index is -5.08. The van der Waals surface area contributed by atoms with Gasteiger partial charge in [0.1, 0.15) is 23.9 Å². The lowest BCUT2D eigenvalue weighted by atomic mass is 9.73. The van der Waals surface area contributed by atoms with E-state index in [9.17, 15) is 35.2 Å². The van der Waals surface area contributed by atoms with Gasteiger partial charge in [-0.3, -0.25) is 23.6 Å². The van der Waals surface area contributed by atoms with Crippen molar-refractivity contribution in [2.75, 3.05) is 11.0 Å². The molecule has 8 rings (SSSR count). The van der Waals surface area contributed by atoms with E-state index >= 15 is 8.78 Å². The third-order valence-electron chi connectivity index (χ3n) is 10.5. The zero-order valence-electron chi connectivity index (χ0n) is 30.5. The molecule has 6 aromatic rings. The normalized spacial score (nSPS) is 17.8. The van der Waals surface area contributed by atoms with Crippen molar-refractivity contribution in [2.45, 2.75) is 49.9 Å². The van der Waals surface area contributed by atoms with Crippen molar-refractivity contribution in [3.8, 4) is 22.5 Å². The van der Waals surface area contributed by atoms with Gasteiger partial charge in [0.05, 0.1) is 45.3 Å². The third-order valence-corrected chi connectivity index (χ3v) is 11.4. The molecule has 1 fully saturated rings. The second-order valence-corrected chi connectivity index (χ2v) is 16.6. The predicted molar refractivity (Wildman–Crippen MR) is 197 cm³/mol. The molecule has 2 N–H and O–H groups in total. The standard InChI is InChI=1S/C37H31ClF7N9O3S/c1-52-27(10-11-46-52)25-9-6-20(21-5-8-24(38)30-32(21)53(2)50-35(30)51-58(3,56)57)31(48-25)26(14-17-12-18(39)15-19(40)13-17)47-28(55)16-54-34-29(33(49-54)37(43,44)45)22-4-7-23(22)36(34,41)42/h5-6,8-13,15,22-23,26H,4,7,14,16H2,1-3H3,(H,47,55)(H,50,51)/t22-,23+,26-/m0/s1. The molecule has 1 saturated carbocycles. The fourth-order valence-electron chi connectivity index (χ4n) is 8.09. The Hall–Kier alpha value is -5.50. The number of aromatic nitrogens is 7. The summed E-state index contributed by atoms with van der Waals surface area (Å²) in [4.78, 5) is 18.9. The molecule has 0 unspecified atom stereocenters. The first kappa shape index (κ1) is 39.3. The van der Waals surface area contributed by atoms with Crippen LogP contribution in [0.25, 0.3) is 33.4 Å². The molecule has 4 heterocycles. The van der Waals surface area contributed by atoms with Gasteiger partial charge in [0.2, 0.25) is 15.9 Å². The first-order valence-electron chi connectivity index (χ1n) is 17.6. The Morgan fingerprint density at radius 2 is 1.71 bits per heavy atom. The lowest BCUT2D eigenvalue weighted by molar-refractivity contribution is -0.144. The van der Waals surface area contributed by atoms with E-state index in [2.05, 4.69) is 25.3 Å². The average Bonchev–Trinajstić information content (AvgIpc) is 3.80. The molecular weight excluding hydrogens is 819 g/mol. The molecular formula is C37H31ClF7N9O3S. The second-order valence-electron chi connectivity index (χ2n) is 14.4. The number of hydrogen-bond donors (Lipinski definition) is 2. The highest BCUT2D eigenvalue weighted by Crippen LogP contribution is 2.64. The fourth-order valence-corrected chi connectivity index (χ4v) is 8.83. The molecule has 2 aliphatic rings. The first-order valence-corrected chi connectivity index (χ1v) is 19.9. The molecule has 2 aliphatic carbocycles. The molecule has 2 aromatic carbocycles. The second kappa shape index (κ2) is 13.8. The molecule has 21 heteroatoms. The zero-order valence-corrected chi connectivity index (χ0v) is 32.1. The maximum absolute atomic E-state index is 15.7. The van der Waals surface area contributed by atoms with Crippen LogP contribution in [0, 0.1) is 17.6 Å². The van der Waals surface area contributed by atoms with Crippen LogP contribution < -0.4 is 10.0 Å². The summed E-state index contributed by atoms with van der Waals surface area (Å²) in [7, 11) is -0.662. The van der Waals surface area contributed by atoms with Crippen LogP contribution in [0.2, 0.25) is 5.02 Å². The number of benzene rings is 2. The number of carbonyl (C=O) groups is 1. The van der Waals surface area contributed by atoms with Crippen molar-refractivity contribution < 1.29 is 43.9 Å². The summed E-state index contributed by atoms with van der Waals surface area (Å²) in [6.45, 7) is -1.06. The monoisotopic (exact) mass is 849 g/mol. The molecule has 1 amide bonds. The van der Waals surface area contributed by atoms with Crippen LogP contribution in [-0.2, 0) is 54.0 Å². The van der Waals surface area contributed by atoms with Crippen LogP contribution in [0.1, 0.15) is 53.0 Å². The number of nitrogens with zero attached hydrogens (tertiary/aromatic N) is 7. The van der Waals surface area contributed by atoms with E-state index in [0.717, 1.165) is 18.4 Å². The Labute approximate surface area is 330 Å². The summed E-state index contributed by atoms with van der Waals surface area (Å²) in [5, 5.41) is 15.0. The van der Waals surface area contributed by atoms with E-state index in [0.29, 0.717) is 33.2 Å². The Morgan fingerprint density at radius 3 is 2.33 bits per heavy atom. The minimum absolute atomic E-state index is 0.00397. The number of aryl methyl sites for hydroxylation is 2. The van der Waals surface area contributed by atoms with Crippen LogP contribution in [0.15, 0.2) is 54.7 Å². The van der Waals surface area contributed by atoms with E-state index in [1.54, 1.807) is 31.3 Å². The van der Waals surface area contributed by atoms with Crippen molar-refractivity contribution in [3.63, 3.8) is 0 Å². The molecule has 0 bridgehead atoms. The highest BCUT2D eigenvalue weighted by Gasteiger charge is 2.63. The summed E-state index contributed by atoms with van der Waals surface area (Å²) in [5.41, 5.74) is -1.21. The Bertz CT molecular complexity index is 2750. The molecule has 58 heavy (non-hydrogen) atoms. The number of rotatable bonds is 10. The van der Waals surface area contributed by atoms with Gasteiger partial charge in [0.15, 0.2) is 11.5 Å². The van der Waals surface area contributed by atoms with Gasteiger partial charge < -0.3 is 5.32 Å². The van der Waals surface area contributed by atoms with Gasteiger partial charge in [-0.15, -0.1) is 0 Å². The smallest absolute Gasteiger partial charge is 0.346 e. The van der Waals surface area contributed by atoms with Gasteiger partial charge in [-0.05, 0) is 61.1 Å². The summed E-state index contributed by atoms with van der Waals surface area (Å²) < 4.78 is 133. The SMILES string of the molecule is Cn1nccc1-c1ccc(-c2ccc(Cl)c3c(NS(C)(=O)=O)nn(C)c23)c([C@H](Cc2cc(F)cc(F)c2)NC(=O)Cn2nc(C(F)(F)F)c3c2C(F)(F)[C@@H]2CC[C@H]32)n1. The van der Waals surface area contributed by atoms with Gasteiger partial charge in [0.25, 0.3) is 5.92 Å². The van der Waals surface area contributed by atoms with E-state index in [-0.39, 0.29) is 52.3 Å². The van der Waals surface area contributed by atoms with Crippen molar-refractivity contribution in [1.29, 1.82) is 0 Å². The number of pyridine rings is 1. The summed E-state index contributed by atoms with van der Waals surface area (Å²) in [5.74, 6) is -9.15. The van der Waals surface area contributed by atoms with Crippen LogP contribution >= 0.6 is 11.6 Å². The van der Waals surface area contributed by atoms with Crippen molar-refractivity contribution in [1.82, 2.24) is 39.6 Å². The number of fused-ring (bicyclic) bond motifs is 4. The maximum atomic E-state index is 15.7. The number of amides is 1. The van der Waals surface area contributed by atoms with Gasteiger partial charge >= 0.3 is 6.18 Å². The van der Waals surface area contributed by atoms with Gasteiger partial charge in [-0.2, -0.15) is 37.2 Å². The van der Waals surface area contributed by atoms with Crippen LogP contribution in [-0.4, -0.2) is 54.9 Å². The molecule has 304 valence electrons. The molecule has 4 aromatic heterocycles. The number of halogens is 8. The quantitative estimate of drug-likeness (QED) is 0.138. The molecule has 0 radical (unpaired) electrons. The Kier molecular flexibility index (Phi) is 9.37. The Morgan fingerprint density at radius 1 is 1.00 bits per heavy atom. The van der Waals surface area contributed by atoms with E-state index in [1.807, 2.05) is 0 Å². The number of carbonyl (C=O) groups excluding carboxylic acids is 1. The van der Waals surface area contributed by atoms with Gasteiger partial charge in [-0.25, -0.2) is 22.2 Å².